The molecule has 0 aliphatic carbocycles. The summed E-state index contributed by atoms with van der Waals surface area (Å²) in [6.45, 7) is 9.38. The van der Waals surface area contributed by atoms with Gasteiger partial charge in [-0.15, -0.1) is 0 Å². The average Bonchev–Trinajstić information content (AvgIpc) is 2.94. The predicted molar refractivity (Wildman–Crippen MR) is 103 cm³/mol. The first kappa shape index (κ1) is 20.4. The van der Waals surface area contributed by atoms with Gasteiger partial charge in [-0.2, -0.15) is 0 Å². The summed E-state index contributed by atoms with van der Waals surface area (Å²) in [6.07, 6.45) is 23.2. The van der Waals surface area contributed by atoms with Crippen LogP contribution in [0, 0.1) is 0 Å². The van der Waals surface area contributed by atoms with Crippen LogP contribution in [0.3, 0.4) is 0 Å². The summed E-state index contributed by atoms with van der Waals surface area (Å²) in [7, 11) is 0. The Morgan fingerprint density at radius 3 is 1.61 bits per heavy atom. The Morgan fingerprint density at radius 1 is 0.565 bits per heavy atom. The molecule has 0 spiro atoms. The molecule has 1 aliphatic heterocycles. The van der Waals surface area contributed by atoms with E-state index < -0.39 is 0 Å². The Hall–Kier alpha value is -0.660. The normalized spacial score (nSPS) is 17.4. The molecule has 0 N–H and O–H groups in total. The first-order valence-corrected chi connectivity index (χ1v) is 10.5. The number of nitrogens with zero attached hydrogens (tertiary/aromatic N) is 2. The first-order chi connectivity index (χ1) is 11.3. The molecule has 0 amide bonds. The molecule has 0 radical (unpaired) electrons. The molecule has 1 rings (SSSR count). The first-order valence-electron chi connectivity index (χ1n) is 10.5. The van der Waals surface area contributed by atoms with Gasteiger partial charge in [-0.3, -0.25) is 0 Å². The highest BCUT2D eigenvalue weighted by atomic mass is 15.4. The van der Waals surface area contributed by atoms with Gasteiger partial charge in [0.05, 0.1) is 0 Å². The maximum atomic E-state index is 2.63. The van der Waals surface area contributed by atoms with Crippen molar-refractivity contribution in [3.05, 3.63) is 12.4 Å². The maximum absolute atomic E-state index is 2.63. The van der Waals surface area contributed by atoms with Crippen molar-refractivity contribution in [1.82, 2.24) is 9.80 Å². The smallest absolute Gasteiger partial charge is 0.101 e. The zero-order valence-corrected chi connectivity index (χ0v) is 16.2. The Morgan fingerprint density at radius 2 is 1.04 bits per heavy atom. The average molecular weight is 323 g/mol. The summed E-state index contributed by atoms with van der Waals surface area (Å²) in [5.41, 5.74) is 0. The molecule has 1 atom stereocenters. The highest BCUT2D eigenvalue weighted by molar-refractivity contribution is 4.96. The molecule has 0 aromatic rings. The fourth-order valence-corrected chi connectivity index (χ4v) is 3.51. The lowest BCUT2D eigenvalue weighted by Crippen LogP contribution is -2.39. The number of hydrogen-bond donors (Lipinski definition) is 0. The van der Waals surface area contributed by atoms with Gasteiger partial charge in [0.15, 0.2) is 0 Å². The van der Waals surface area contributed by atoms with E-state index in [1.807, 2.05) is 0 Å². The lowest BCUT2D eigenvalue weighted by Gasteiger charge is -2.33. The third-order valence-electron chi connectivity index (χ3n) is 5.07. The van der Waals surface area contributed by atoms with Gasteiger partial charge in [-0.1, -0.05) is 78.6 Å². The number of rotatable bonds is 15. The van der Waals surface area contributed by atoms with Crippen LogP contribution >= 0.6 is 0 Å². The fourth-order valence-electron chi connectivity index (χ4n) is 3.51. The molecule has 0 aromatic carbocycles. The van der Waals surface area contributed by atoms with Crippen LogP contribution in [0.25, 0.3) is 0 Å². The SMILES string of the molecule is CCCCCCCC1N(CCCC)C=CN1CCCCCCC. The molecular weight excluding hydrogens is 280 g/mol. The van der Waals surface area contributed by atoms with Crippen LogP contribution in [0.5, 0.6) is 0 Å². The molecule has 0 saturated carbocycles. The Kier molecular flexibility index (Phi) is 12.2. The third-order valence-corrected chi connectivity index (χ3v) is 5.07. The van der Waals surface area contributed by atoms with Crippen molar-refractivity contribution in [2.75, 3.05) is 13.1 Å². The molecule has 136 valence electrons. The summed E-state index contributed by atoms with van der Waals surface area (Å²) in [5.74, 6) is 0. The molecule has 0 aromatic heterocycles. The Bertz CT molecular complexity index is 288. The van der Waals surface area contributed by atoms with Gasteiger partial charge in [-0.25, -0.2) is 0 Å². The van der Waals surface area contributed by atoms with Gasteiger partial charge in [0.1, 0.15) is 6.17 Å². The molecule has 0 bridgehead atoms. The van der Waals surface area contributed by atoms with E-state index in [9.17, 15) is 0 Å². The lowest BCUT2D eigenvalue weighted by molar-refractivity contribution is 0.136. The van der Waals surface area contributed by atoms with Gasteiger partial charge < -0.3 is 9.80 Å². The van der Waals surface area contributed by atoms with E-state index in [1.165, 1.54) is 96.6 Å². The second-order valence-electron chi connectivity index (χ2n) is 7.23. The molecule has 23 heavy (non-hydrogen) atoms. The minimum absolute atomic E-state index is 0.648. The maximum Gasteiger partial charge on any atom is 0.101 e. The zero-order valence-electron chi connectivity index (χ0n) is 16.2. The van der Waals surface area contributed by atoms with Crippen LogP contribution in [0.4, 0.5) is 0 Å². The highest BCUT2D eigenvalue weighted by Gasteiger charge is 2.24. The number of unbranched alkanes of at least 4 members (excludes halogenated alkanes) is 9. The van der Waals surface area contributed by atoms with Crippen molar-refractivity contribution >= 4 is 0 Å². The quantitative estimate of drug-likeness (QED) is 0.316. The van der Waals surface area contributed by atoms with E-state index in [4.69, 9.17) is 0 Å². The minimum atomic E-state index is 0.648. The van der Waals surface area contributed by atoms with E-state index in [2.05, 4.69) is 43.0 Å². The van der Waals surface area contributed by atoms with E-state index >= 15 is 0 Å². The minimum Gasteiger partial charge on any atom is -0.356 e. The molecule has 2 nitrogen and oxygen atoms in total. The van der Waals surface area contributed by atoms with Gasteiger partial charge in [0.25, 0.3) is 0 Å². The van der Waals surface area contributed by atoms with Crippen LogP contribution < -0.4 is 0 Å². The van der Waals surface area contributed by atoms with Crippen LogP contribution in [0.15, 0.2) is 12.4 Å². The highest BCUT2D eigenvalue weighted by Crippen LogP contribution is 2.23. The number of hydrogen-bond acceptors (Lipinski definition) is 2. The summed E-state index contributed by atoms with van der Waals surface area (Å²) >= 11 is 0. The van der Waals surface area contributed by atoms with Crippen molar-refractivity contribution in [3.8, 4) is 0 Å². The molecule has 1 heterocycles. The monoisotopic (exact) mass is 322 g/mol. The predicted octanol–water partition coefficient (Wildman–Crippen LogP) is 6.53. The summed E-state index contributed by atoms with van der Waals surface area (Å²) in [4.78, 5) is 5.23. The van der Waals surface area contributed by atoms with Gasteiger partial charge in [0.2, 0.25) is 0 Å². The van der Waals surface area contributed by atoms with Crippen molar-refractivity contribution in [2.45, 2.75) is 110 Å². The summed E-state index contributed by atoms with van der Waals surface area (Å²) < 4.78 is 0. The van der Waals surface area contributed by atoms with Crippen molar-refractivity contribution in [1.29, 1.82) is 0 Å². The van der Waals surface area contributed by atoms with Crippen molar-refractivity contribution < 1.29 is 0 Å². The summed E-state index contributed by atoms with van der Waals surface area (Å²) in [5, 5.41) is 0. The van der Waals surface area contributed by atoms with Crippen LogP contribution in [-0.2, 0) is 0 Å². The molecule has 1 aliphatic rings. The standard InChI is InChI=1S/C21H42N2/c1-4-7-10-12-14-16-21-22(17-9-6-3)19-20-23(21)18-15-13-11-8-5-2/h19-21H,4-18H2,1-3H3. The molecule has 2 heteroatoms. The van der Waals surface area contributed by atoms with Gasteiger partial charge in [-0.05, 0) is 25.7 Å². The molecular formula is C21H42N2. The second kappa shape index (κ2) is 13.7. The van der Waals surface area contributed by atoms with Crippen molar-refractivity contribution in [3.63, 3.8) is 0 Å². The lowest BCUT2D eigenvalue weighted by atomic mass is 10.1. The Balaban J connectivity index is 2.32. The largest absolute Gasteiger partial charge is 0.356 e. The molecule has 0 fully saturated rings. The van der Waals surface area contributed by atoms with Crippen LogP contribution in [-0.4, -0.2) is 29.1 Å². The topological polar surface area (TPSA) is 6.48 Å². The van der Waals surface area contributed by atoms with Crippen LogP contribution in [0.2, 0.25) is 0 Å². The van der Waals surface area contributed by atoms with Crippen molar-refractivity contribution in [2.24, 2.45) is 0 Å². The second-order valence-corrected chi connectivity index (χ2v) is 7.23. The van der Waals surface area contributed by atoms with E-state index in [-0.39, 0.29) is 0 Å². The van der Waals surface area contributed by atoms with E-state index in [0.717, 1.165) is 0 Å². The fraction of sp³-hybridized carbons (Fsp3) is 0.905. The third kappa shape index (κ3) is 8.67. The van der Waals surface area contributed by atoms with E-state index in [1.54, 1.807) is 0 Å². The summed E-state index contributed by atoms with van der Waals surface area (Å²) in [6, 6.07) is 0. The van der Waals surface area contributed by atoms with Crippen LogP contribution in [0.1, 0.15) is 104 Å². The molecule has 0 saturated heterocycles. The zero-order chi connectivity index (χ0) is 16.8. The van der Waals surface area contributed by atoms with Gasteiger partial charge >= 0.3 is 0 Å². The van der Waals surface area contributed by atoms with Gasteiger partial charge in [0, 0.05) is 25.5 Å². The Labute approximate surface area is 146 Å². The van der Waals surface area contributed by atoms with E-state index in [0.29, 0.717) is 6.17 Å². The molecule has 1 unspecified atom stereocenters.